The van der Waals surface area contributed by atoms with Crippen LogP contribution < -0.4 is 10.6 Å². The van der Waals surface area contributed by atoms with Gasteiger partial charge in [-0.1, -0.05) is 12.1 Å². The minimum absolute atomic E-state index is 0.0198. The van der Waals surface area contributed by atoms with Gasteiger partial charge in [-0.15, -0.1) is 0 Å². The van der Waals surface area contributed by atoms with Crippen molar-refractivity contribution in [1.82, 2.24) is 10.6 Å². The SMILES string of the molecule is CC(C)(C)OC(=O)NCC(NC(=O)OC(C)(C)C)c1ccc([N+](=O)[O-])cc1. The molecular weight excluding hydrogens is 354 g/mol. The minimum Gasteiger partial charge on any atom is -0.444 e. The van der Waals surface area contributed by atoms with E-state index >= 15 is 0 Å². The summed E-state index contributed by atoms with van der Waals surface area (Å²) in [7, 11) is 0. The average molecular weight is 381 g/mol. The Morgan fingerprint density at radius 3 is 1.93 bits per heavy atom. The van der Waals surface area contributed by atoms with E-state index in [1.165, 1.54) is 24.3 Å². The first-order chi connectivity index (χ1) is 12.3. The number of non-ortho nitro benzene ring substituents is 1. The standard InChI is InChI=1S/C18H27N3O6/c1-17(2,3)26-15(22)19-11-14(20-16(23)27-18(4,5)6)12-7-9-13(10-8-12)21(24)25/h7-10,14H,11H2,1-6H3,(H,19,22)(H,20,23). The summed E-state index contributed by atoms with van der Waals surface area (Å²) in [6, 6.07) is 5.01. The highest BCUT2D eigenvalue weighted by atomic mass is 16.6. The zero-order chi connectivity index (χ0) is 20.8. The molecule has 9 heteroatoms. The molecule has 0 spiro atoms. The number of nitrogens with zero attached hydrogens (tertiary/aromatic N) is 1. The molecule has 1 aromatic carbocycles. The molecule has 1 aromatic rings. The normalized spacial score (nSPS) is 12.7. The van der Waals surface area contributed by atoms with Crippen LogP contribution in [0.3, 0.4) is 0 Å². The van der Waals surface area contributed by atoms with E-state index in [0.717, 1.165) is 0 Å². The third-order valence-corrected chi connectivity index (χ3v) is 3.05. The van der Waals surface area contributed by atoms with E-state index < -0.39 is 34.4 Å². The number of carbonyl (C=O) groups is 2. The lowest BCUT2D eigenvalue weighted by Crippen LogP contribution is -2.41. The van der Waals surface area contributed by atoms with Crippen LogP contribution in [-0.2, 0) is 9.47 Å². The largest absolute Gasteiger partial charge is 0.444 e. The summed E-state index contributed by atoms with van der Waals surface area (Å²) in [5, 5.41) is 16.0. The molecule has 0 saturated carbocycles. The maximum atomic E-state index is 12.1. The molecule has 0 fully saturated rings. The molecule has 0 aliphatic carbocycles. The van der Waals surface area contributed by atoms with Crippen LogP contribution in [0.4, 0.5) is 15.3 Å². The number of nitro benzene ring substituents is 1. The Morgan fingerprint density at radius 2 is 1.48 bits per heavy atom. The van der Waals surface area contributed by atoms with Crippen molar-refractivity contribution in [3.8, 4) is 0 Å². The summed E-state index contributed by atoms with van der Waals surface area (Å²) in [6.45, 7) is 10.4. The van der Waals surface area contributed by atoms with Crippen LogP contribution in [0, 0.1) is 10.1 Å². The summed E-state index contributed by atoms with van der Waals surface area (Å²) in [6.07, 6.45) is -1.31. The topological polar surface area (TPSA) is 120 Å². The molecule has 2 amide bonds. The van der Waals surface area contributed by atoms with E-state index in [9.17, 15) is 19.7 Å². The van der Waals surface area contributed by atoms with Crippen molar-refractivity contribution in [2.75, 3.05) is 6.54 Å². The summed E-state index contributed by atoms with van der Waals surface area (Å²) < 4.78 is 10.4. The highest BCUT2D eigenvalue weighted by Gasteiger charge is 2.23. The lowest BCUT2D eigenvalue weighted by molar-refractivity contribution is -0.384. The van der Waals surface area contributed by atoms with E-state index in [1.807, 2.05) is 0 Å². The predicted molar refractivity (Wildman–Crippen MR) is 99.4 cm³/mol. The Bertz CT molecular complexity index is 674. The van der Waals surface area contributed by atoms with Crippen LogP contribution in [0.15, 0.2) is 24.3 Å². The first-order valence-electron chi connectivity index (χ1n) is 8.47. The van der Waals surface area contributed by atoms with Crippen LogP contribution in [-0.4, -0.2) is 34.9 Å². The molecule has 0 heterocycles. The highest BCUT2D eigenvalue weighted by molar-refractivity contribution is 5.70. The second-order valence-electron chi connectivity index (χ2n) is 7.93. The Morgan fingerprint density at radius 1 is 1.00 bits per heavy atom. The molecule has 2 N–H and O–H groups in total. The van der Waals surface area contributed by atoms with E-state index in [1.54, 1.807) is 41.5 Å². The van der Waals surface area contributed by atoms with Crippen molar-refractivity contribution >= 4 is 17.9 Å². The van der Waals surface area contributed by atoms with Crippen LogP contribution in [0.25, 0.3) is 0 Å². The van der Waals surface area contributed by atoms with Gasteiger partial charge in [0, 0.05) is 18.7 Å². The number of hydrogen-bond donors (Lipinski definition) is 2. The molecule has 1 unspecified atom stereocenters. The van der Waals surface area contributed by atoms with Crippen molar-refractivity contribution in [2.24, 2.45) is 0 Å². The van der Waals surface area contributed by atoms with E-state index in [0.29, 0.717) is 5.56 Å². The number of nitro groups is 1. The quantitative estimate of drug-likeness (QED) is 0.593. The number of nitrogens with one attached hydrogen (secondary N) is 2. The predicted octanol–water partition coefficient (Wildman–Crippen LogP) is 3.69. The molecule has 0 saturated heterocycles. The van der Waals surface area contributed by atoms with Crippen molar-refractivity contribution in [3.63, 3.8) is 0 Å². The molecule has 150 valence electrons. The van der Waals surface area contributed by atoms with Gasteiger partial charge in [-0.3, -0.25) is 10.1 Å². The third kappa shape index (κ3) is 8.89. The van der Waals surface area contributed by atoms with Crippen molar-refractivity contribution in [1.29, 1.82) is 0 Å². The van der Waals surface area contributed by atoms with Crippen LogP contribution in [0.1, 0.15) is 53.1 Å². The van der Waals surface area contributed by atoms with E-state index in [-0.39, 0.29) is 12.2 Å². The highest BCUT2D eigenvalue weighted by Crippen LogP contribution is 2.19. The lowest BCUT2D eigenvalue weighted by atomic mass is 10.1. The van der Waals surface area contributed by atoms with Gasteiger partial charge in [-0.05, 0) is 47.1 Å². The first kappa shape index (κ1) is 22.2. The average Bonchev–Trinajstić information content (AvgIpc) is 2.48. The van der Waals surface area contributed by atoms with Gasteiger partial charge >= 0.3 is 12.2 Å². The number of benzene rings is 1. The van der Waals surface area contributed by atoms with Gasteiger partial charge < -0.3 is 20.1 Å². The monoisotopic (exact) mass is 381 g/mol. The third-order valence-electron chi connectivity index (χ3n) is 3.05. The zero-order valence-corrected chi connectivity index (χ0v) is 16.5. The molecule has 9 nitrogen and oxygen atoms in total. The van der Waals surface area contributed by atoms with Gasteiger partial charge in [-0.2, -0.15) is 0 Å². The molecule has 1 rings (SSSR count). The molecular formula is C18H27N3O6. The summed E-state index contributed by atoms with van der Waals surface area (Å²) >= 11 is 0. The number of alkyl carbamates (subject to hydrolysis) is 2. The smallest absolute Gasteiger partial charge is 0.408 e. The number of amides is 2. The number of carbonyl (C=O) groups excluding carboxylic acids is 2. The fourth-order valence-corrected chi connectivity index (χ4v) is 2.03. The van der Waals surface area contributed by atoms with Gasteiger partial charge in [0.25, 0.3) is 5.69 Å². The lowest BCUT2D eigenvalue weighted by Gasteiger charge is -2.25. The van der Waals surface area contributed by atoms with Crippen molar-refractivity contribution < 1.29 is 24.0 Å². The zero-order valence-electron chi connectivity index (χ0n) is 16.5. The maximum absolute atomic E-state index is 12.1. The van der Waals surface area contributed by atoms with Gasteiger partial charge in [-0.25, -0.2) is 9.59 Å². The molecule has 27 heavy (non-hydrogen) atoms. The molecule has 0 bridgehead atoms. The van der Waals surface area contributed by atoms with Gasteiger partial charge in [0.15, 0.2) is 0 Å². The Labute approximate surface area is 158 Å². The molecule has 0 aromatic heterocycles. The van der Waals surface area contributed by atoms with Crippen LogP contribution in [0.5, 0.6) is 0 Å². The van der Waals surface area contributed by atoms with E-state index in [2.05, 4.69) is 10.6 Å². The fourth-order valence-electron chi connectivity index (χ4n) is 2.03. The van der Waals surface area contributed by atoms with Gasteiger partial charge in [0.2, 0.25) is 0 Å². The molecule has 1 atom stereocenters. The number of rotatable bonds is 5. The minimum atomic E-state index is -0.692. The Balaban J connectivity index is 2.90. The first-order valence-corrected chi connectivity index (χ1v) is 8.47. The molecule has 0 radical (unpaired) electrons. The van der Waals surface area contributed by atoms with Gasteiger partial charge in [0.1, 0.15) is 11.2 Å². The maximum Gasteiger partial charge on any atom is 0.408 e. The molecule has 0 aliphatic heterocycles. The summed E-state index contributed by atoms with van der Waals surface area (Å²) in [5.41, 5.74) is -0.855. The fraction of sp³-hybridized carbons (Fsp3) is 0.556. The summed E-state index contributed by atoms with van der Waals surface area (Å²) in [5.74, 6) is 0. The van der Waals surface area contributed by atoms with Crippen LogP contribution in [0.2, 0.25) is 0 Å². The van der Waals surface area contributed by atoms with Crippen molar-refractivity contribution in [3.05, 3.63) is 39.9 Å². The second kappa shape index (κ2) is 8.70. The second-order valence-corrected chi connectivity index (χ2v) is 7.93. The molecule has 0 aliphatic rings. The van der Waals surface area contributed by atoms with E-state index in [4.69, 9.17) is 9.47 Å². The summed E-state index contributed by atoms with van der Waals surface area (Å²) in [4.78, 5) is 34.3. The number of hydrogen-bond acceptors (Lipinski definition) is 6. The van der Waals surface area contributed by atoms with Crippen LogP contribution >= 0.6 is 0 Å². The van der Waals surface area contributed by atoms with Gasteiger partial charge in [0.05, 0.1) is 11.0 Å². The van der Waals surface area contributed by atoms with Crippen molar-refractivity contribution in [2.45, 2.75) is 58.8 Å². The number of ether oxygens (including phenoxy) is 2. The Hall–Kier alpha value is -2.84. The Kier molecular flexibility index (Phi) is 7.15.